The molecule has 1 heterocycles. The minimum Gasteiger partial charge on any atom is -0.493 e. The first kappa shape index (κ1) is 16.0. The van der Waals surface area contributed by atoms with Gasteiger partial charge in [0.05, 0.1) is 19.1 Å². The van der Waals surface area contributed by atoms with Crippen LogP contribution in [0.3, 0.4) is 0 Å². The number of aromatic nitrogens is 2. The number of nitro groups is 1. The molecular formula is C14H13N3O6. The van der Waals surface area contributed by atoms with E-state index >= 15 is 0 Å². The SMILES string of the molecule is COc1cccc(C=Cc2[nH]c(=O)[nH]c(=O)c2[N+](=O)[O-])c1OC. The summed E-state index contributed by atoms with van der Waals surface area (Å²) in [5, 5.41) is 11.0. The molecular weight excluding hydrogens is 306 g/mol. The van der Waals surface area contributed by atoms with Crippen LogP contribution in [-0.2, 0) is 0 Å². The molecule has 1 aromatic carbocycles. The van der Waals surface area contributed by atoms with Crippen molar-refractivity contribution in [3.63, 3.8) is 0 Å². The number of hydrogen-bond donors (Lipinski definition) is 2. The van der Waals surface area contributed by atoms with Gasteiger partial charge in [-0.25, -0.2) is 4.79 Å². The maximum Gasteiger partial charge on any atom is 0.357 e. The number of hydrogen-bond acceptors (Lipinski definition) is 6. The van der Waals surface area contributed by atoms with Gasteiger partial charge in [0.25, 0.3) is 0 Å². The van der Waals surface area contributed by atoms with Crippen LogP contribution in [0.1, 0.15) is 11.3 Å². The number of benzene rings is 1. The molecule has 2 N–H and O–H groups in total. The molecule has 9 heteroatoms. The molecule has 0 aliphatic heterocycles. The Labute approximate surface area is 129 Å². The van der Waals surface area contributed by atoms with E-state index in [2.05, 4.69) is 4.98 Å². The predicted octanol–water partition coefficient (Wildman–Crippen LogP) is 1.16. The number of rotatable bonds is 5. The summed E-state index contributed by atoms with van der Waals surface area (Å²) in [6.07, 6.45) is 2.73. The number of ether oxygens (including phenoxy) is 2. The highest BCUT2D eigenvalue weighted by Crippen LogP contribution is 2.31. The van der Waals surface area contributed by atoms with Crippen molar-refractivity contribution in [2.75, 3.05) is 14.2 Å². The molecule has 0 spiro atoms. The van der Waals surface area contributed by atoms with E-state index in [9.17, 15) is 19.7 Å². The fraction of sp³-hybridized carbons (Fsp3) is 0.143. The number of para-hydroxylation sites is 1. The van der Waals surface area contributed by atoms with Crippen molar-refractivity contribution >= 4 is 17.8 Å². The van der Waals surface area contributed by atoms with Crippen LogP contribution in [-0.4, -0.2) is 29.1 Å². The van der Waals surface area contributed by atoms with Crippen molar-refractivity contribution < 1.29 is 14.4 Å². The van der Waals surface area contributed by atoms with Gasteiger partial charge in [0.2, 0.25) is 0 Å². The molecule has 0 unspecified atom stereocenters. The number of nitrogens with zero attached hydrogens (tertiary/aromatic N) is 1. The zero-order valence-corrected chi connectivity index (χ0v) is 12.3. The van der Waals surface area contributed by atoms with Gasteiger partial charge in [-0.05, 0) is 18.2 Å². The molecule has 1 aromatic heterocycles. The maximum absolute atomic E-state index is 11.5. The fourth-order valence-electron chi connectivity index (χ4n) is 2.02. The van der Waals surface area contributed by atoms with Crippen LogP contribution in [0.5, 0.6) is 11.5 Å². The number of methoxy groups -OCH3 is 2. The molecule has 23 heavy (non-hydrogen) atoms. The lowest BCUT2D eigenvalue weighted by molar-refractivity contribution is -0.386. The van der Waals surface area contributed by atoms with Gasteiger partial charge in [-0.2, -0.15) is 0 Å². The number of H-pyrrole nitrogens is 2. The van der Waals surface area contributed by atoms with E-state index in [1.165, 1.54) is 26.4 Å². The lowest BCUT2D eigenvalue weighted by Crippen LogP contribution is -2.25. The van der Waals surface area contributed by atoms with Crippen LogP contribution >= 0.6 is 0 Å². The molecule has 9 nitrogen and oxygen atoms in total. The van der Waals surface area contributed by atoms with Crippen molar-refractivity contribution in [1.82, 2.24) is 9.97 Å². The summed E-state index contributed by atoms with van der Waals surface area (Å²) >= 11 is 0. The number of aromatic amines is 2. The minimum absolute atomic E-state index is 0.214. The molecule has 0 atom stereocenters. The molecule has 0 bridgehead atoms. The molecule has 2 aromatic rings. The van der Waals surface area contributed by atoms with Gasteiger partial charge in [-0.1, -0.05) is 12.1 Å². The molecule has 0 aliphatic rings. The quantitative estimate of drug-likeness (QED) is 0.629. The molecule has 0 aliphatic carbocycles. The Morgan fingerprint density at radius 1 is 1.13 bits per heavy atom. The van der Waals surface area contributed by atoms with E-state index in [-0.39, 0.29) is 5.69 Å². The minimum atomic E-state index is -1.07. The highest BCUT2D eigenvalue weighted by Gasteiger charge is 2.19. The van der Waals surface area contributed by atoms with Crippen LogP contribution in [0.4, 0.5) is 5.69 Å². The summed E-state index contributed by atoms with van der Waals surface area (Å²) in [5.74, 6) is 0.893. The zero-order chi connectivity index (χ0) is 17.0. The first-order valence-electron chi connectivity index (χ1n) is 6.38. The Morgan fingerprint density at radius 3 is 2.48 bits per heavy atom. The third-order valence-electron chi connectivity index (χ3n) is 2.99. The summed E-state index contributed by atoms with van der Waals surface area (Å²) < 4.78 is 10.4. The van der Waals surface area contributed by atoms with Gasteiger partial charge in [0.15, 0.2) is 11.5 Å². The first-order valence-corrected chi connectivity index (χ1v) is 6.38. The monoisotopic (exact) mass is 319 g/mol. The first-order chi connectivity index (χ1) is 11.0. The fourth-order valence-corrected chi connectivity index (χ4v) is 2.02. The van der Waals surface area contributed by atoms with E-state index in [1.807, 2.05) is 4.98 Å². The van der Waals surface area contributed by atoms with Crippen LogP contribution in [0.25, 0.3) is 12.2 Å². The summed E-state index contributed by atoms with van der Waals surface area (Å²) in [6.45, 7) is 0. The van der Waals surface area contributed by atoms with E-state index < -0.39 is 21.9 Å². The zero-order valence-electron chi connectivity index (χ0n) is 12.3. The Morgan fingerprint density at radius 2 is 1.87 bits per heavy atom. The van der Waals surface area contributed by atoms with Crippen LogP contribution < -0.4 is 20.7 Å². The summed E-state index contributed by atoms with van der Waals surface area (Å²) in [7, 11) is 2.93. The lowest BCUT2D eigenvalue weighted by Gasteiger charge is -2.09. The van der Waals surface area contributed by atoms with Gasteiger partial charge >= 0.3 is 16.9 Å². The van der Waals surface area contributed by atoms with E-state index in [0.717, 1.165) is 0 Å². The summed E-state index contributed by atoms with van der Waals surface area (Å²) in [5.41, 5.74) is -2.31. The molecule has 0 saturated heterocycles. The smallest absolute Gasteiger partial charge is 0.357 e. The Balaban J connectivity index is 2.56. The Bertz CT molecular complexity index is 881. The highest BCUT2D eigenvalue weighted by atomic mass is 16.6. The van der Waals surface area contributed by atoms with Gasteiger partial charge in [-0.3, -0.25) is 19.9 Å². The molecule has 0 saturated carbocycles. The van der Waals surface area contributed by atoms with Crippen LogP contribution in [0.15, 0.2) is 27.8 Å². The van der Waals surface area contributed by atoms with Crippen molar-refractivity contribution in [2.24, 2.45) is 0 Å². The Kier molecular flexibility index (Phi) is 4.60. The number of nitrogens with one attached hydrogen (secondary N) is 2. The third kappa shape index (κ3) is 3.28. The average Bonchev–Trinajstić information content (AvgIpc) is 2.51. The average molecular weight is 319 g/mol. The van der Waals surface area contributed by atoms with E-state index in [0.29, 0.717) is 17.1 Å². The lowest BCUT2D eigenvalue weighted by atomic mass is 10.1. The molecule has 0 amide bonds. The summed E-state index contributed by atoms with van der Waals surface area (Å²) in [4.78, 5) is 37.0. The Hall–Kier alpha value is -3.36. The van der Waals surface area contributed by atoms with Crippen LogP contribution in [0, 0.1) is 10.1 Å². The second-order valence-electron chi connectivity index (χ2n) is 4.34. The molecule has 2 rings (SSSR count). The normalized spacial score (nSPS) is 10.7. The van der Waals surface area contributed by atoms with E-state index in [1.54, 1.807) is 18.2 Å². The molecule has 0 radical (unpaired) electrons. The van der Waals surface area contributed by atoms with Gasteiger partial charge in [0.1, 0.15) is 5.69 Å². The van der Waals surface area contributed by atoms with Gasteiger partial charge < -0.3 is 14.5 Å². The van der Waals surface area contributed by atoms with Crippen LogP contribution in [0.2, 0.25) is 0 Å². The van der Waals surface area contributed by atoms with E-state index in [4.69, 9.17) is 9.47 Å². The largest absolute Gasteiger partial charge is 0.493 e. The van der Waals surface area contributed by atoms with Crippen molar-refractivity contribution in [3.05, 3.63) is 60.4 Å². The molecule has 0 fully saturated rings. The summed E-state index contributed by atoms with van der Waals surface area (Å²) in [6, 6.07) is 5.08. The van der Waals surface area contributed by atoms with Gasteiger partial charge in [0, 0.05) is 5.56 Å². The van der Waals surface area contributed by atoms with Crippen molar-refractivity contribution in [3.8, 4) is 11.5 Å². The predicted molar refractivity (Wildman–Crippen MR) is 82.8 cm³/mol. The second-order valence-corrected chi connectivity index (χ2v) is 4.34. The maximum atomic E-state index is 11.5. The second kappa shape index (κ2) is 6.60. The third-order valence-corrected chi connectivity index (χ3v) is 2.99. The van der Waals surface area contributed by atoms with Gasteiger partial charge in [-0.15, -0.1) is 0 Å². The topological polar surface area (TPSA) is 127 Å². The van der Waals surface area contributed by atoms with Crippen molar-refractivity contribution in [1.29, 1.82) is 0 Å². The molecule has 120 valence electrons. The highest BCUT2D eigenvalue weighted by molar-refractivity contribution is 5.75. The standard InChI is InChI=1S/C14H13N3O6/c1-22-10-5-3-4-8(12(10)23-2)6-7-9-11(17(20)21)13(18)16-14(19)15-9/h3-7H,1-2H3,(H2,15,16,18,19). The van der Waals surface area contributed by atoms with Crippen molar-refractivity contribution in [2.45, 2.75) is 0 Å².